The molecular formula is C15H11Cl2F3N2O. The molecular weight excluding hydrogens is 352 g/mol. The van der Waals surface area contributed by atoms with E-state index in [1.165, 1.54) is 6.07 Å². The van der Waals surface area contributed by atoms with Gasteiger partial charge in [0, 0.05) is 29.8 Å². The monoisotopic (exact) mass is 362 g/mol. The van der Waals surface area contributed by atoms with Gasteiger partial charge in [-0.1, -0.05) is 23.2 Å². The van der Waals surface area contributed by atoms with Crippen molar-refractivity contribution in [2.45, 2.75) is 6.10 Å². The third-order valence-corrected chi connectivity index (χ3v) is 4.24. The second-order valence-corrected chi connectivity index (χ2v) is 5.79. The van der Waals surface area contributed by atoms with Gasteiger partial charge in [0.15, 0.2) is 5.75 Å². The highest BCUT2D eigenvalue weighted by molar-refractivity contribution is 6.39. The number of ether oxygens (including phenoxy) is 1. The molecule has 0 amide bonds. The van der Waals surface area contributed by atoms with Crippen molar-refractivity contribution in [3.63, 3.8) is 0 Å². The highest BCUT2D eigenvalue weighted by Crippen LogP contribution is 2.46. The van der Waals surface area contributed by atoms with Crippen molar-refractivity contribution < 1.29 is 17.9 Å². The molecule has 1 heterocycles. The third kappa shape index (κ3) is 2.82. The smallest absolute Gasteiger partial charge is 0.151 e. The van der Waals surface area contributed by atoms with E-state index in [4.69, 9.17) is 33.7 Å². The topological polar surface area (TPSA) is 47.3 Å². The van der Waals surface area contributed by atoms with E-state index in [1.54, 1.807) is 0 Å². The van der Waals surface area contributed by atoms with E-state index in [1.807, 2.05) is 0 Å². The molecule has 8 heteroatoms. The van der Waals surface area contributed by atoms with E-state index < -0.39 is 27.5 Å². The van der Waals surface area contributed by atoms with Crippen molar-refractivity contribution >= 4 is 28.9 Å². The molecule has 0 aromatic heterocycles. The van der Waals surface area contributed by atoms with Gasteiger partial charge in [0.2, 0.25) is 0 Å². The predicted molar refractivity (Wildman–Crippen MR) is 83.7 cm³/mol. The molecule has 1 atom stereocenters. The van der Waals surface area contributed by atoms with Crippen molar-refractivity contribution in [2.24, 2.45) is 5.73 Å². The van der Waals surface area contributed by atoms with Crippen LogP contribution < -0.4 is 15.8 Å². The molecule has 2 aromatic rings. The summed E-state index contributed by atoms with van der Waals surface area (Å²) < 4.78 is 47.1. The molecule has 0 aliphatic carbocycles. The number of anilines is 1. The van der Waals surface area contributed by atoms with Gasteiger partial charge in [-0.15, -0.1) is 0 Å². The Labute approximate surface area is 140 Å². The Kier molecular flexibility index (Phi) is 4.31. The summed E-state index contributed by atoms with van der Waals surface area (Å²) >= 11 is 11.8. The maximum atomic E-state index is 13.9. The number of benzene rings is 2. The molecule has 0 spiro atoms. The van der Waals surface area contributed by atoms with Crippen LogP contribution in [0.1, 0.15) is 0 Å². The van der Waals surface area contributed by atoms with Crippen LogP contribution in [-0.4, -0.2) is 19.2 Å². The SMILES string of the molecule is NCC1CNc2cc(F)cc(-c3c(Cl)c(F)cc(F)c3Cl)c2O1. The molecule has 1 unspecified atom stereocenters. The normalized spacial score (nSPS) is 16.5. The fourth-order valence-electron chi connectivity index (χ4n) is 2.41. The van der Waals surface area contributed by atoms with Gasteiger partial charge in [0.05, 0.1) is 22.3 Å². The minimum Gasteiger partial charge on any atom is -0.484 e. The zero-order valence-electron chi connectivity index (χ0n) is 11.6. The highest BCUT2D eigenvalue weighted by Gasteiger charge is 2.27. The lowest BCUT2D eigenvalue weighted by molar-refractivity contribution is 0.215. The van der Waals surface area contributed by atoms with E-state index in [0.717, 1.165) is 6.07 Å². The van der Waals surface area contributed by atoms with Gasteiger partial charge in [0.25, 0.3) is 0 Å². The molecule has 0 saturated carbocycles. The van der Waals surface area contributed by atoms with E-state index in [9.17, 15) is 13.2 Å². The van der Waals surface area contributed by atoms with E-state index >= 15 is 0 Å². The number of halogens is 5. The van der Waals surface area contributed by atoms with Crippen LogP contribution in [-0.2, 0) is 0 Å². The molecule has 0 bridgehead atoms. The van der Waals surface area contributed by atoms with Crippen molar-refractivity contribution in [3.8, 4) is 16.9 Å². The molecule has 2 aromatic carbocycles. The Bertz CT molecular complexity index is 760. The van der Waals surface area contributed by atoms with Crippen LogP contribution in [0.15, 0.2) is 18.2 Å². The van der Waals surface area contributed by atoms with E-state index in [-0.39, 0.29) is 29.5 Å². The third-order valence-electron chi connectivity index (χ3n) is 3.50. The first-order chi connectivity index (χ1) is 10.9. The van der Waals surface area contributed by atoms with Gasteiger partial charge in [0.1, 0.15) is 23.6 Å². The summed E-state index contributed by atoms with van der Waals surface area (Å²) in [6.07, 6.45) is -0.373. The largest absolute Gasteiger partial charge is 0.484 e. The number of nitrogens with one attached hydrogen (secondary N) is 1. The van der Waals surface area contributed by atoms with Gasteiger partial charge in [-0.25, -0.2) is 13.2 Å². The van der Waals surface area contributed by atoms with Crippen LogP contribution in [0.3, 0.4) is 0 Å². The lowest BCUT2D eigenvalue weighted by atomic mass is 10.0. The summed E-state index contributed by atoms with van der Waals surface area (Å²) in [6.45, 7) is 0.591. The molecule has 3 N–H and O–H groups in total. The van der Waals surface area contributed by atoms with Crippen LogP contribution in [0.2, 0.25) is 10.0 Å². The molecule has 1 aliphatic heterocycles. The Morgan fingerprint density at radius 3 is 2.39 bits per heavy atom. The molecule has 1 aliphatic rings. The van der Waals surface area contributed by atoms with Crippen molar-refractivity contribution in [3.05, 3.63) is 45.7 Å². The lowest BCUT2D eigenvalue weighted by Gasteiger charge is -2.29. The summed E-state index contributed by atoms with van der Waals surface area (Å²) in [5.41, 5.74) is 5.80. The first-order valence-electron chi connectivity index (χ1n) is 6.70. The van der Waals surface area contributed by atoms with Gasteiger partial charge < -0.3 is 15.8 Å². The van der Waals surface area contributed by atoms with Crippen LogP contribution >= 0.6 is 23.2 Å². The van der Waals surface area contributed by atoms with Gasteiger partial charge in [-0.2, -0.15) is 0 Å². The standard InChI is InChI=1S/C15H11Cl2F3N2O/c16-13-9(19)3-10(20)14(17)12(13)8-1-6(18)2-11-15(8)23-7(4-21)5-22-11/h1-3,7,22H,4-5,21H2. The van der Waals surface area contributed by atoms with Crippen LogP contribution in [0.5, 0.6) is 5.75 Å². The van der Waals surface area contributed by atoms with Crippen LogP contribution in [0.25, 0.3) is 11.1 Å². The second kappa shape index (κ2) is 6.11. The number of rotatable bonds is 2. The summed E-state index contributed by atoms with van der Waals surface area (Å²) in [7, 11) is 0. The Morgan fingerprint density at radius 2 is 1.78 bits per heavy atom. The Hall–Kier alpha value is -1.63. The zero-order chi connectivity index (χ0) is 16.7. The highest BCUT2D eigenvalue weighted by atomic mass is 35.5. The summed E-state index contributed by atoms with van der Waals surface area (Å²) in [4.78, 5) is 0. The van der Waals surface area contributed by atoms with Crippen molar-refractivity contribution in [2.75, 3.05) is 18.4 Å². The summed E-state index contributed by atoms with van der Waals surface area (Å²) in [5.74, 6) is -2.43. The van der Waals surface area contributed by atoms with Crippen molar-refractivity contribution in [1.29, 1.82) is 0 Å². The number of nitrogens with two attached hydrogens (primary N) is 1. The average Bonchev–Trinajstić information content (AvgIpc) is 2.52. The van der Waals surface area contributed by atoms with Crippen LogP contribution in [0.4, 0.5) is 18.9 Å². The quantitative estimate of drug-likeness (QED) is 0.786. The summed E-state index contributed by atoms with van der Waals surface area (Å²) in [6, 6.07) is 2.84. The number of hydrogen-bond donors (Lipinski definition) is 2. The fraction of sp³-hybridized carbons (Fsp3) is 0.200. The molecule has 0 saturated heterocycles. The first-order valence-corrected chi connectivity index (χ1v) is 7.45. The zero-order valence-corrected chi connectivity index (χ0v) is 13.1. The number of fused-ring (bicyclic) bond motifs is 1. The Balaban J connectivity index is 2.28. The average molecular weight is 363 g/mol. The first kappa shape index (κ1) is 16.2. The summed E-state index contributed by atoms with van der Waals surface area (Å²) in [5, 5.41) is 2.14. The Morgan fingerprint density at radius 1 is 1.13 bits per heavy atom. The van der Waals surface area contributed by atoms with E-state index in [0.29, 0.717) is 18.3 Å². The second-order valence-electron chi connectivity index (χ2n) is 5.03. The van der Waals surface area contributed by atoms with Crippen molar-refractivity contribution in [1.82, 2.24) is 0 Å². The van der Waals surface area contributed by atoms with Gasteiger partial charge in [-0.3, -0.25) is 0 Å². The molecule has 122 valence electrons. The minimum absolute atomic E-state index is 0.0547. The minimum atomic E-state index is -0.999. The van der Waals surface area contributed by atoms with E-state index in [2.05, 4.69) is 5.32 Å². The maximum Gasteiger partial charge on any atom is 0.151 e. The molecule has 3 nitrogen and oxygen atoms in total. The fourth-order valence-corrected chi connectivity index (χ4v) is 2.96. The lowest BCUT2D eigenvalue weighted by Crippen LogP contribution is -2.37. The number of hydrogen-bond acceptors (Lipinski definition) is 3. The van der Waals surface area contributed by atoms with Gasteiger partial charge >= 0.3 is 0 Å². The molecule has 23 heavy (non-hydrogen) atoms. The maximum absolute atomic E-state index is 13.9. The predicted octanol–water partition coefficient (Wildman–Crippen LogP) is 4.21. The van der Waals surface area contributed by atoms with Crippen LogP contribution in [0, 0.1) is 17.5 Å². The van der Waals surface area contributed by atoms with Gasteiger partial charge in [-0.05, 0) is 6.07 Å². The molecule has 0 radical (unpaired) electrons. The molecule has 0 fully saturated rings. The molecule has 3 rings (SSSR count).